The van der Waals surface area contributed by atoms with Crippen molar-refractivity contribution in [3.63, 3.8) is 0 Å². The summed E-state index contributed by atoms with van der Waals surface area (Å²) in [4.78, 5) is 0. The summed E-state index contributed by atoms with van der Waals surface area (Å²) in [6.45, 7) is 1.97. The Balaban J connectivity index is 1.60. The van der Waals surface area contributed by atoms with Crippen LogP contribution in [0, 0.1) is 0 Å². The standard InChI is InChI=1S/C12H16O3/c1-13-8-11-12(15-11)9-14-7-10-5-3-2-4-6-10/h2-6,11-12H,7-9H2,1H3/t11-,12+/m1/s1. The van der Waals surface area contributed by atoms with Crippen LogP contribution in [-0.4, -0.2) is 32.5 Å². The fraction of sp³-hybridized carbons (Fsp3) is 0.500. The molecule has 1 aromatic carbocycles. The molecule has 3 heteroatoms. The van der Waals surface area contributed by atoms with Gasteiger partial charge in [-0.1, -0.05) is 30.3 Å². The van der Waals surface area contributed by atoms with Crippen LogP contribution in [0.25, 0.3) is 0 Å². The Bertz CT molecular complexity index is 286. The predicted octanol–water partition coefficient (Wildman–Crippen LogP) is 1.62. The topological polar surface area (TPSA) is 31.0 Å². The zero-order valence-electron chi connectivity index (χ0n) is 8.89. The third-order valence-corrected chi connectivity index (χ3v) is 2.41. The molecular formula is C12H16O3. The minimum absolute atomic E-state index is 0.230. The number of benzene rings is 1. The predicted molar refractivity (Wildman–Crippen MR) is 56.6 cm³/mol. The van der Waals surface area contributed by atoms with Gasteiger partial charge in [-0.3, -0.25) is 0 Å². The second-order valence-corrected chi connectivity index (χ2v) is 3.67. The number of hydrogen-bond donors (Lipinski definition) is 0. The number of rotatable bonds is 6. The molecule has 1 heterocycles. The Labute approximate surface area is 90.0 Å². The lowest BCUT2D eigenvalue weighted by molar-refractivity contribution is 0.104. The maximum absolute atomic E-state index is 5.54. The molecular weight excluding hydrogens is 192 g/mol. The largest absolute Gasteiger partial charge is 0.382 e. The van der Waals surface area contributed by atoms with Gasteiger partial charge in [-0.05, 0) is 5.56 Å². The lowest BCUT2D eigenvalue weighted by Gasteiger charge is -2.01. The molecule has 1 fully saturated rings. The quantitative estimate of drug-likeness (QED) is 0.665. The van der Waals surface area contributed by atoms with E-state index in [0.717, 1.165) is 0 Å². The summed E-state index contributed by atoms with van der Waals surface area (Å²) in [6.07, 6.45) is 0.472. The summed E-state index contributed by atoms with van der Waals surface area (Å²) in [6, 6.07) is 10.1. The second-order valence-electron chi connectivity index (χ2n) is 3.67. The Morgan fingerprint density at radius 1 is 1.13 bits per heavy atom. The van der Waals surface area contributed by atoms with Crippen LogP contribution in [0.5, 0.6) is 0 Å². The van der Waals surface area contributed by atoms with Crippen LogP contribution < -0.4 is 0 Å². The summed E-state index contributed by atoms with van der Waals surface area (Å²) in [7, 11) is 1.68. The molecule has 0 aromatic heterocycles. The zero-order chi connectivity index (χ0) is 10.5. The highest BCUT2D eigenvalue weighted by Crippen LogP contribution is 2.22. The van der Waals surface area contributed by atoms with E-state index in [4.69, 9.17) is 14.2 Å². The molecule has 0 N–H and O–H groups in total. The number of ether oxygens (including phenoxy) is 3. The molecule has 1 aliphatic rings. The van der Waals surface area contributed by atoms with Gasteiger partial charge in [0.25, 0.3) is 0 Å². The van der Waals surface area contributed by atoms with Gasteiger partial charge in [0.15, 0.2) is 0 Å². The van der Waals surface area contributed by atoms with Crippen molar-refractivity contribution in [1.29, 1.82) is 0 Å². The first-order valence-electron chi connectivity index (χ1n) is 5.16. The number of hydrogen-bond acceptors (Lipinski definition) is 3. The van der Waals surface area contributed by atoms with Crippen molar-refractivity contribution >= 4 is 0 Å². The van der Waals surface area contributed by atoms with Gasteiger partial charge in [0, 0.05) is 7.11 Å². The summed E-state index contributed by atoms with van der Waals surface area (Å²) < 4.78 is 15.9. The van der Waals surface area contributed by atoms with Gasteiger partial charge in [0.05, 0.1) is 19.8 Å². The van der Waals surface area contributed by atoms with E-state index in [1.54, 1.807) is 7.11 Å². The third kappa shape index (κ3) is 3.30. The molecule has 0 amide bonds. The first-order chi connectivity index (χ1) is 7.40. The van der Waals surface area contributed by atoms with Crippen LogP contribution in [0.15, 0.2) is 30.3 Å². The molecule has 0 spiro atoms. The summed E-state index contributed by atoms with van der Waals surface area (Å²) in [5.74, 6) is 0. The molecule has 2 rings (SSSR count). The smallest absolute Gasteiger partial charge is 0.110 e. The van der Waals surface area contributed by atoms with Crippen molar-refractivity contribution in [2.75, 3.05) is 20.3 Å². The minimum Gasteiger partial charge on any atom is -0.382 e. The second kappa shape index (κ2) is 5.26. The Hall–Kier alpha value is -0.900. The highest BCUT2D eigenvalue weighted by molar-refractivity contribution is 5.13. The van der Waals surface area contributed by atoms with Gasteiger partial charge in [-0.15, -0.1) is 0 Å². The summed E-state index contributed by atoms with van der Waals surface area (Å²) >= 11 is 0. The van der Waals surface area contributed by atoms with Crippen LogP contribution in [0.1, 0.15) is 5.56 Å². The van der Waals surface area contributed by atoms with E-state index in [1.165, 1.54) is 5.56 Å². The van der Waals surface area contributed by atoms with E-state index >= 15 is 0 Å². The van der Waals surface area contributed by atoms with Gasteiger partial charge in [-0.25, -0.2) is 0 Å². The molecule has 0 radical (unpaired) electrons. The van der Waals surface area contributed by atoms with Crippen LogP contribution >= 0.6 is 0 Å². The van der Waals surface area contributed by atoms with E-state index in [1.807, 2.05) is 18.2 Å². The maximum atomic E-state index is 5.54. The maximum Gasteiger partial charge on any atom is 0.110 e. The number of epoxide rings is 1. The average Bonchev–Trinajstić information content (AvgIpc) is 2.99. The lowest BCUT2D eigenvalue weighted by atomic mass is 10.2. The molecule has 2 atom stereocenters. The molecule has 0 saturated carbocycles. The van der Waals surface area contributed by atoms with Crippen molar-refractivity contribution in [3.05, 3.63) is 35.9 Å². The van der Waals surface area contributed by atoms with Crippen LogP contribution in [0.4, 0.5) is 0 Å². The third-order valence-electron chi connectivity index (χ3n) is 2.41. The highest BCUT2D eigenvalue weighted by atomic mass is 16.6. The Morgan fingerprint density at radius 2 is 1.87 bits per heavy atom. The van der Waals surface area contributed by atoms with Gasteiger partial charge in [0.2, 0.25) is 0 Å². The highest BCUT2D eigenvalue weighted by Gasteiger charge is 2.38. The first kappa shape index (κ1) is 10.6. The van der Waals surface area contributed by atoms with E-state index < -0.39 is 0 Å². The van der Waals surface area contributed by atoms with E-state index in [-0.39, 0.29) is 12.2 Å². The molecule has 0 aliphatic carbocycles. The Kier molecular flexibility index (Phi) is 3.72. The van der Waals surface area contributed by atoms with Crippen molar-refractivity contribution in [2.24, 2.45) is 0 Å². The first-order valence-corrected chi connectivity index (χ1v) is 5.16. The molecule has 1 aliphatic heterocycles. The fourth-order valence-electron chi connectivity index (χ4n) is 1.50. The number of methoxy groups -OCH3 is 1. The summed E-state index contributed by atoms with van der Waals surface area (Å²) in [5, 5.41) is 0. The molecule has 0 bridgehead atoms. The Morgan fingerprint density at radius 3 is 2.60 bits per heavy atom. The zero-order valence-corrected chi connectivity index (χ0v) is 8.89. The average molecular weight is 208 g/mol. The van der Waals surface area contributed by atoms with Crippen molar-refractivity contribution in [1.82, 2.24) is 0 Å². The van der Waals surface area contributed by atoms with Crippen LogP contribution in [0.3, 0.4) is 0 Å². The molecule has 0 unspecified atom stereocenters. The summed E-state index contributed by atoms with van der Waals surface area (Å²) in [5.41, 5.74) is 1.20. The van der Waals surface area contributed by atoms with E-state index in [0.29, 0.717) is 19.8 Å². The van der Waals surface area contributed by atoms with Crippen molar-refractivity contribution in [3.8, 4) is 0 Å². The van der Waals surface area contributed by atoms with E-state index in [2.05, 4.69) is 12.1 Å². The molecule has 1 saturated heterocycles. The molecule has 82 valence electrons. The van der Waals surface area contributed by atoms with Gasteiger partial charge in [0.1, 0.15) is 12.2 Å². The van der Waals surface area contributed by atoms with Crippen LogP contribution in [-0.2, 0) is 20.8 Å². The molecule has 3 nitrogen and oxygen atoms in total. The fourth-order valence-corrected chi connectivity index (χ4v) is 1.50. The molecule has 1 aromatic rings. The van der Waals surface area contributed by atoms with Gasteiger partial charge in [-0.2, -0.15) is 0 Å². The molecule has 15 heavy (non-hydrogen) atoms. The minimum atomic E-state index is 0.230. The lowest BCUT2D eigenvalue weighted by Crippen LogP contribution is -2.08. The van der Waals surface area contributed by atoms with Gasteiger partial charge < -0.3 is 14.2 Å². The SMILES string of the molecule is COC[C@H]1O[C@H]1COCc1ccccc1. The van der Waals surface area contributed by atoms with E-state index in [9.17, 15) is 0 Å². The normalized spacial score (nSPS) is 24.1. The van der Waals surface area contributed by atoms with Crippen molar-refractivity contribution < 1.29 is 14.2 Å². The van der Waals surface area contributed by atoms with Crippen LogP contribution in [0.2, 0.25) is 0 Å². The van der Waals surface area contributed by atoms with Gasteiger partial charge >= 0.3 is 0 Å². The monoisotopic (exact) mass is 208 g/mol. The van der Waals surface area contributed by atoms with Crippen molar-refractivity contribution in [2.45, 2.75) is 18.8 Å².